The van der Waals surface area contributed by atoms with Gasteiger partial charge >= 0.3 is 5.97 Å². The SMILES string of the molecule is C=C1C2CC[C@](C(=O)O)(C2)C1(C)C. The minimum absolute atomic E-state index is 0.207. The largest absolute Gasteiger partial charge is 0.481 e. The Kier molecular flexibility index (Phi) is 1.47. The van der Waals surface area contributed by atoms with Gasteiger partial charge in [-0.1, -0.05) is 26.0 Å². The van der Waals surface area contributed by atoms with E-state index < -0.39 is 11.4 Å². The van der Waals surface area contributed by atoms with Crippen LogP contribution in [0, 0.1) is 16.7 Å². The Morgan fingerprint density at radius 2 is 2.23 bits per heavy atom. The highest BCUT2D eigenvalue weighted by Crippen LogP contribution is 2.66. The van der Waals surface area contributed by atoms with E-state index in [1.54, 1.807) is 0 Å². The number of carboxylic acids is 1. The lowest BCUT2D eigenvalue weighted by Crippen LogP contribution is -2.41. The first-order valence-corrected chi connectivity index (χ1v) is 4.84. The van der Waals surface area contributed by atoms with Crippen LogP contribution in [-0.4, -0.2) is 11.1 Å². The zero-order valence-corrected chi connectivity index (χ0v) is 8.26. The molecule has 0 aromatic heterocycles. The molecule has 0 heterocycles. The number of allylic oxidation sites excluding steroid dienone is 1. The maximum Gasteiger partial charge on any atom is 0.310 e. The third-order valence-electron chi connectivity index (χ3n) is 4.42. The number of hydrogen-bond acceptors (Lipinski definition) is 1. The van der Waals surface area contributed by atoms with Gasteiger partial charge in [0.15, 0.2) is 0 Å². The predicted octanol–water partition coefficient (Wildman–Crippen LogP) is 2.45. The van der Waals surface area contributed by atoms with Gasteiger partial charge in [0.25, 0.3) is 0 Å². The molecule has 1 unspecified atom stereocenters. The summed E-state index contributed by atoms with van der Waals surface area (Å²) in [6.45, 7) is 8.11. The van der Waals surface area contributed by atoms with Crippen LogP contribution < -0.4 is 0 Å². The first-order chi connectivity index (χ1) is 5.92. The topological polar surface area (TPSA) is 37.3 Å². The van der Waals surface area contributed by atoms with Crippen LogP contribution in [0.3, 0.4) is 0 Å². The molecule has 13 heavy (non-hydrogen) atoms. The number of carbonyl (C=O) groups is 1. The van der Waals surface area contributed by atoms with Crippen LogP contribution in [0.5, 0.6) is 0 Å². The Hall–Kier alpha value is -0.790. The molecule has 2 fully saturated rings. The molecular formula is C11H16O2. The fraction of sp³-hybridized carbons (Fsp3) is 0.727. The summed E-state index contributed by atoms with van der Waals surface area (Å²) >= 11 is 0. The van der Waals surface area contributed by atoms with Gasteiger partial charge in [0.1, 0.15) is 0 Å². The zero-order valence-electron chi connectivity index (χ0n) is 8.26. The highest BCUT2D eigenvalue weighted by molar-refractivity contribution is 5.78. The monoisotopic (exact) mass is 180 g/mol. The molecule has 0 aromatic carbocycles. The van der Waals surface area contributed by atoms with Crippen molar-refractivity contribution in [3.63, 3.8) is 0 Å². The fourth-order valence-corrected chi connectivity index (χ4v) is 3.19. The minimum Gasteiger partial charge on any atom is -0.481 e. The van der Waals surface area contributed by atoms with Gasteiger partial charge in [0, 0.05) is 5.41 Å². The minimum atomic E-state index is -0.626. The third kappa shape index (κ3) is 0.767. The predicted molar refractivity (Wildman–Crippen MR) is 50.3 cm³/mol. The van der Waals surface area contributed by atoms with Crippen LogP contribution in [0.1, 0.15) is 33.1 Å². The summed E-state index contributed by atoms with van der Waals surface area (Å²) in [5.41, 5.74) is 0.442. The molecule has 2 heteroatoms. The molecule has 2 rings (SSSR count). The second-order valence-corrected chi connectivity index (χ2v) is 4.98. The van der Waals surface area contributed by atoms with E-state index in [4.69, 9.17) is 0 Å². The van der Waals surface area contributed by atoms with E-state index in [1.165, 1.54) is 0 Å². The molecule has 1 N–H and O–H groups in total. The summed E-state index contributed by atoms with van der Waals surface area (Å²) in [4.78, 5) is 11.3. The molecule has 2 aliphatic carbocycles. The third-order valence-corrected chi connectivity index (χ3v) is 4.42. The zero-order chi connectivity index (χ0) is 9.85. The van der Waals surface area contributed by atoms with Crippen molar-refractivity contribution in [3.05, 3.63) is 12.2 Å². The van der Waals surface area contributed by atoms with Crippen molar-refractivity contribution in [1.82, 2.24) is 0 Å². The van der Waals surface area contributed by atoms with E-state index in [1.807, 2.05) is 13.8 Å². The van der Waals surface area contributed by atoms with E-state index in [2.05, 4.69) is 6.58 Å². The Balaban J connectivity index is 2.50. The molecule has 2 bridgehead atoms. The molecule has 2 nitrogen and oxygen atoms in total. The van der Waals surface area contributed by atoms with E-state index in [9.17, 15) is 9.90 Å². The molecule has 2 saturated carbocycles. The number of aliphatic carboxylic acids is 1. The molecule has 0 aromatic rings. The van der Waals surface area contributed by atoms with Crippen molar-refractivity contribution in [2.75, 3.05) is 0 Å². The molecule has 2 atom stereocenters. The first-order valence-electron chi connectivity index (χ1n) is 4.84. The van der Waals surface area contributed by atoms with Crippen LogP contribution in [0.4, 0.5) is 0 Å². The highest BCUT2D eigenvalue weighted by Gasteiger charge is 2.63. The fourth-order valence-electron chi connectivity index (χ4n) is 3.19. The molecule has 0 spiro atoms. The molecule has 0 amide bonds. The van der Waals surface area contributed by atoms with Gasteiger partial charge in [0.05, 0.1) is 5.41 Å². The average molecular weight is 180 g/mol. The number of hydrogen-bond donors (Lipinski definition) is 1. The lowest BCUT2D eigenvalue weighted by molar-refractivity contribution is -0.153. The average Bonchev–Trinajstić information content (AvgIpc) is 2.53. The Bertz CT molecular complexity index is 290. The van der Waals surface area contributed by atoms with Crippen molar-refractivity contribution < 1.29 is 9.90 Å². The van der Waals surface area contributed by atoms with Crippen LogP contribution in [0.2, 0.25) is 0 Å². The maximum absolute atomic E-state index is 11.3. The number of carboxylic acid groups (broad SMARTS) is 1. The summed E-state index contributed by atoms with van der Waals surface area (Å²) in [5, 5.41) is 9.30. The van der Waals surface area contributed by atoms with E-state index >= 15 is 0 Å². The molecule has 0 radical (unpaired) electrons. The molecule has 0 saturated heterocycles. The van der Waals surface area contributed by atoms with Crippen molar-refractivity contribution in [3.8, 4) is 0 Å². The second-order valence-electron chi connectivity index (χ2n) is 4.98. The van der Waals surface area contributed by atoms with Gasteiger partial charge in [-0.05, 0) is 25.2 Å². The van der Waals surface area contributed by atoms with Crippen molar-refractivity contribution >= 4 is 5.97 Å². The van der Waals surface area contributed by atoms with E-state index in [0.29, 0.717) is 5.92 Å². The van der Waals surface area contributed by atoms with E-state index in [-0.39, 0.29) is 5.41 Å². The van der Waals surface area contributed by atoms with Crippen LogP contribution in [0.25, 0.3) is 0 Å². The quantitative estimate of drug-likeness (QED) is 0.629. The summed E-state index contributed by atoms with van der Waals surface area (Å²) in [6, 6.07) is 0. The smallest absolute Gasteiger partial charge is 0.310 e. The summed E-state index contributed by atoms with van der Waals surface area (Å²) in [5.74, 6) is -0.162. The van der Waals surface area contributed by atoms with Crippen LogP contribution in [-0.2, 0) is 4.79 Å². The molecule has 0 aliphatic heterocycles. The lowest BCUT2D eigenvalue weighted by atomic mass is 9.63. The van der Waals surface area contributed by atoms with Crippen LogP contribution in [0.15, 0.2) is 12.2 Å². The normalized spacial score (nSPS) is 41.1. The van der Waals surface area contributed by atoms with Gasteiger partial charge in [-0.15, -0.1) is 0 Å². The van der Waals surface area contributed by atoms with Gasteiger partial charge in [0.2, 0.25) is 0 Å². The standard InChI is InChI=1S/C11H16O2/c1-7-8-4-5-11(6-8,9(12)13)10(7,2)3/h8H,1,4-6H2,2-3H3,(H,12,13)/t8?,11-/m1/s1. The van der Waals surface area contributed by atoms with Crippen molar-refractivity contribution in [2.45, 2.75) is 33.1 Å². The van der Waals surface area contributed by atoms with Gasteiger partial charge in [-0.2, -0.15) is 0 Å². The first kappa shape index (κ1) is 8.79. The summed E-state index contributed by atoms with van der Waals surface area (Å²) in [7, 11) is 0. The number of fused-ring (bicyclic) bond motifs is 2. The maximum atomic E-state index is 11.3. The molecular weight excluding hydrogens is 164 g/mol. The molecule has 2 aliphatic rings. The Labute approximate surface area is 78.6 Å². The van der Waals surface area contributed by atoms with Crippen molar-refractivity contribution in [2.24, 2.45) is 16.7 Å². The van der Waals surface area contributed by atoms with Gasteiger partial charge in [-0.25, -0.2) is 0 Å². The Morgan fingerprint density at radius 3 is 2.54 bits per heavy atom. The lowest BCUT2D eigenvalue weighted by Gasteiger charge is -2.39. The van der Waals surface area contributed by atoms with E-state index in [0.717, 1.165) is 24.8 Å². The number of rotatable bonds is 1. The molecule has 72 valence electrons. The van der Waals surface area contributed by atoms with Gasteiger partial charge in [-0.3, -0.25) is 4.79 Å². The summed E-state index contributed by atoms with van der Waals surface area (Å²) in [6.07, 6.45) is 2.67. The Morgan fingerprint density at radius 1 is 1.62 bits per heavy atom. The van der Waals surface area contributed by atoms with Crippen molar-refractivity contribution in [1.29, 1.82) is 0 Å². The van der Waals surface area contributed by atoms with Gasteiger partial charge < -0.3 is 5.11 Å². The second kappa shape index (κ2) is 2.17. The summed E-state index contributed by atoms with van der Waals surface area (Å²) < 4.78 is 0. The highest BCUT2D eigenvalue weighted by atomic mass is 16.4. The van der Waals surface area contributed by atoms with Crippen LogP contribution >= 0.6 is 0 Å².